The highest BCUT2D eigenvalue weighted by atomic mass is 35.5. The zero-order valence-corrected chi connectivity index (χ0v) is 13.5. The van der Waals surface area contributed by atoms with E-state index in [-0.39, 0.29) is 17.4 Å². The Morgan fingerprint density at radius 2 is 1.52 bits per heavy atom. The topological polar surface area (TPSA) is 42.9 Å². The fourth-order valence-electron chi connectivity index (χ4n) is 2.18. The number of ether oxygens (including phenoxy) is 2. The molecule has 1 aliphatic rings. The Bertz CT molecular complexity index is 918. The first-order valence-corrected chi connectivity index (χ1v) is 7.30. The molecule has 12 heteroatoms. The van der Waals surface area contributed by atoms with Crippen LogP contribution in [0.4, 0.5) is 36.4 Å². The van der Waals surface area contributed by atoms with E-state index in [0.717, 1.165) is 6.21 Å². The second kappa shape index (κ2) is 6.80. The predicted molar refractivity (Wildman–Crippen MR) is 80.1 cm³/mol. The molecular formula is C15H6ClF7N2O2. The molecule has 0 atom stereocenters. The van der Waals surface area contributed by atoms with Crippen molar-refractivity contribution in [3.63, 3.8) is 0 Å². The van der Waals surface area contributed by atoms with Crippen LogP contribution in [-0.2, 0) is 6.18 Å². The van der Waals surface area contributed by atoms with Crippen molar-refractivity contribution in [3.05, 3.63) is 51.6 Å². The second-order valence-corrected chi connectivity index (χ2v) is 5.51. The van der Waals surface area contributed by atoms with Crippen molar-refractivity contribution in [2.75, 3.05) is 12.2 Å². The van der Waals surface area contributed by atoms with Gasteiger partial charge in [-0.3, -0.25) is 5.43 Å². The highest BCUT2D eigenvalue weighted by molar-refractivity contribution is 6.33. The van der Waals surface area contributed by atoms with Crippen molar-refractivity contribution in [3.8, 4) is 11.5 Å². The van der Waals surface area contributed by atoms with Crippen LogP contribution < -0.4 is 14.9 Å². The van der Waals surface area contributed by atoms with Gasteiger partial charge in [0.25, 0.3) is 0 Å². The minimum atomic E-state index is -5.63. The van der Waals surface area contributed by atoms with Gasteiger partial charge in [-0.1, -0.05) is 11.6 Å². The number of benzene rings is 2. The molecule has 3 rings (SSSR count). The highest BCUT2D eigenvalue weighted by Gasteiger charge is 2.42. The number of nitrogens with one attached hydrogen (secondary N) is 1. The molecule has 2 aromatic rings. The van der Waals surface area contributed by atoms with Gasteiger partial charge < -0.3 is 9.47 Å². The Kier molecular flexibility index (Phi) is 4.81. The van der Waals surface area contributed by atoms with Crippen LogP contribution in [0.5, 0.6) is 11.5 Å². The molecule has 4 nitrogen and oxygen atoms in total. The average Bonchev–Trinajstić information content (AvgIpc) is 3.02. The van der Waals surface area contributed by atoms with Gasteiger partial charge in [-0.25, -0.2) is 17.6 Å². The summed E-state index contributed by atoms with van der Waals surface area (Å²) in [5.74, 6) is -9.12. The van der Waals surface area contributed by atoms with Crippen LogP contribution in [-0.4, -0.2) is 13.0 Å². The van der Waals surface area contributed by atoms with E-state index in [4.69, 9.17) is 21.1 Å². The molecule has 0 saturated carbocycles. The van der Waals surface area contributed by atoms with Gasteiger partial charge in [0.15, 0.2) is 34.8 Å². The summed E-state index contributed by atoms with van der Waals surface area (Å²) in [6, 6.07) is 2.72. The molecule has 27 heavy (non-hydrogen) atoms. The second-order valence-electron chi connectivity index (χ2n) is 5.10. The predicted octanol–water partition coefficient (Wildman–Crippen LogP) is 5.09. The molecule has 2 aromatic carbocycles. The lowest BCUT2D eigenvalue weighted by atomic mass is 10.1. The van der Waals surface area contributed by atoms with Gasteiger partial charge in [0, 0.05) is 11.6 Å². The van der Waals surface area contributed by atoms with Gasteiger partial charge in [0.2, 0.25) is 6.79 Å². The van der Waals surface area contributed by atoms with Crippen LogP contribution in [0.3, 0.4) is 0 Å². The summed E-state index contributed by atoms with van der Waals surface area (Å²) in [6.45, 7) is -0.0506. The minimum absolute atomic E-state index is 0.0506. The first-order chi connectivity index (χ1) is 12.6. The van der Waals surface area contributed by atoms with Crippen molar-refractivity contribution in [2.24, 2.45) is 5.10 Å². The van der Waals surface area contributed by atoms with Crippen LogP contribution in [0.15, 0.2) is 17.2 Å². The number of alkyl halides is 3. The van der Waals surface area contributed by atoms with E-state index >= 15 is 0 Å². The Balaban J connectivity index is 1.92. The van der Waals surface area contributed by atoms with E-state index in [1.54, 1.807) is 5.43 Å². The molecule has 1 aliphatic heterocycles. The minimum Gasteiger partial charge on any atom is -0.454 e. The first-order valence-electron chi connectivity index (χ1n) is 6.92. The number of fused-ring (bicyclic) bond motifs is 1. The maximum absolute atomic E-state index is 13.7. The van der Waals surface area contributed by atoms with Crippen LogP contribution in [0.1, 0.15) is 11.1 Å². The van der Waals surface area contributed by atoms with E-state index in [1.807, 2.05) is 0 Å². The highest BCUT2D eigenvalue weighted by Crippen LogP contribution is 2.39. The summed E-state index contributed by atoms with van der Waals surface area (Å²) in [5, 5.41) is 3.44. The summed E-state index contributed by atoms with van der Waals surface area (Å²) < 4.78 is 102. The summed E-state index contributed by atoms with van der Waals surface area (Å²) in [5.41, 5.74) is -2.42. The maximum Gasteiger partial charge on any atom is 0.422 e. The lowest BCUT2D eigenvalue weighted by molar-refractivity contribution is -0.143. The number of anilines is 1. The largest absolute Gasteiger partial charge is 0.454 e. The van der Waals surface area contributed by atoms with Crippen LogP contribution in [0, 0.1) is 23.3 Å². The number of nitrogens with zero attached hydrogens (tertiary/aromatic N) is 1. The summed E-state index contributed by atoms with van der Waals surface area (Å²) >= 11 is 5.93. The molecule has 0 bridgehead atoms. The number of hydrazone groups is 1. The van der Waals surface area contributed by atoms with Gasteiger partial charge in [0.05, 0.1) is 11.2 Å². The zero-order valence-electron chi connectivity index (χ0n) is 12.7. The monoisotopic (exact) mass is 414 g/mol. The third-order valence-electron chi connectivity index (χ3n) is 3.42. The Labute approximate surface area is 151 Å². The van der Waals surface area contributed by atoms with E-state index in [1.165, 1.54) is 12.1 Å². The molecule has 0 fully saturated rings. The van der Waals surface area contributed by atoms with Crippen molar-refractivity contribution in [1.29, 1.82) is 0 Å². The molecule has 144 valence electrons. The molecule has 0 aliphatic carbocycles. The molecule has 0 unspecified atom stereocenters. The van der Waals surface area contributed by atoms with Gasteiger partial charge >= 0.3 is 6.18 Å². The summed E-state index contributed by atoms with van der Waals surface area (Å²) in [7, 11) is 0. The van der Waals surface area contributed by atoms with Crippen molar-refractivity contribution >= 4 is 23.5 Å². The van der Waals surface area contributed by atoms with Gasteiger partial charge in [-0.05, 0) is 6.07 Å². The molecular weight excluding hydrogens is 409 g/mol. The van der Waals surface area contributed by atoms with Gasteiger partial charge in [0.1, 0.15) is 11.3 Å². The SMILES string of the molecule is Fc1c(F)c(C(F)(F)F)c(F)c(F)c1N/N=C\c1cc2c(cc1Cl)OCO2. The quantitative estimate of drug-likeness (QED) is 0.329. The van der Waals surface area contributed by atoms with E-state index in [2.05, 4.69) is 5.10 Å². The standard InChI is InChI=1S/C15H6ClF7N2O2/c16-6-2-8-7(26-4-27-8)1-5(6)3-24-25-14-12(19)10(17)9(15(21,22)23)11(18)13(14)20/h1-3,25H,4H2/b24-3-. The lowest BCUT2D eigenvalue weighted by Gasteiger charge is -2.13. The fourth-order valence-corrected chi connectivity index (χ4v) is 2.38. The van der Waals surface area contributed by atoms with Gasteiger partial charge in [-0.15, -0.1) is 0 Å². The van der Waals surface area contributed by atoms with E-state index in [9.17, 15) is 30.7 Å². The maximum atomic E-state index is 13.7. The van der Waals surface area contributed by atoms with Crippen LogP contribution in [0.25, 0.3) is 0 Å². The number of halogens is 8. The summed E-state index contributed by atoms with van der Waals surface area (Å²) in [4.78, 5) is 0. The molecule has 0 radical (unpaired) electrons. The van der Waals surface area contributed by atoms with Crippen LogP contribution in [0.2, 0.25) is 5.02 Å². The zero-order chi connectivity index (χ0) is 19.9. The number of hydrogen-bond donors (Lipinski definition) is 1. The molecule has 0 amide bonds. The molecule has 1 heterocycles. The van der Waals surface area contributed by atoms with E-state index < -0.39 is 40.7 Å². The summed E-state index contributed by atoms with van der Waals surface area (Å²) in [6.07, 6.45) is -4.71. The van der Waals surface area contributed by atoms with Crippen molar-refractivity contribution in [1.82, 2.24) is 0 Å². The normalized spacial score (nSPS) is 13.5. The average molecular weight is 415 g/mol. The van der Waals surface area contributed by atoms with Gasteiger partial charge in [-0.2, -0.15) is 18.3 Å². The molecule has 1 N–H and O–H groups in total. The smallest absolute Gasteiger partial charge is 0.422 e. The third-order valence-corrected chi connectivity index (χ3v) is 3.75. The molecule has 0 saturated heterocycles. The third kappa shape index (κ3) is 3.46. The number of hydrogen-bond acceptors (Lipinski definition) is 4. The van der Waals surface area contributed by atoms with Crippen LogP contribution >= 0.6 is 11.6 Å². The molecule has 0 aromatic heterocycles. The Morgan fingerprint density at radius 1 is 0.963 bits per heavy atom. The molecule has 0 spiro atoms. The Hall–Kier alpha value is -2.69. The van der Waals surface area contributed by atoms with Crippen molar-refractivity contribution in [2.45, 2.75) is 6.18 Å². The van der Waals surface area contributed by atoms with Crippen molar-refractivity contribution < 1.29 is 40.2 Å². The Morgan fingerprint density at radius 3 is 2.07 bits per heavy atom. The lowest BCUT2D eigenvalue weighted by Crippen LogP contribution is -2.16. The fraction of sp³-hybridized carbons (Fsp3) is 0.133. The van der Waals surface area contributed by atoms with E-state index in [0.29, 0.717) is 11.5 Å². The number of rotatable bonds is 3. The first kappa shape index (κ1) is 19.1.